The molecule has 0 saturated heterocycles. The Bertz CT molecular complexity index is 628. The van der Waals surface area contributed by atoms with Crippen molar-refractivity contribution in [3.05, 3.63) is 38.9 Å². The fourth-order valence-electron chi connectivity index (χ4n) is 1.52. The van der Waals surface area contributed by atoms with Gasteiger partial charge in [-0.3, -0.25) is 0 Å². The average Bonchev–Trinajstić information content (AvgIpc) is 2.60. The zero-order valence-electron chi connectivity index (χ0n) is 8.92. The Labute approximate surface area is 111 Å². The minimum Gasteiger partial charge on any atom is -0.397 e. The summed E-state index contributed by atoms with van der Waals surface area (Å²) in [6.07, 6.45) is 0. The number of hydrogen-bond donors (Lipinski definition) is 1. The highest BCUT2D eigenvalue weighted by molar-refractivity contribution is 9.10. The third kappa shape index (κ3) is 2.06. The molecule has 0 radical (unpaired) electrons. The average molecular weight is 311 g/mol. The summed E-state index contributed by atoms with van der Waals surface area (Å²) in [7, 11) is 0. The Kier molecular flexibility index (Phi) is 3.18. The first-order valence-corrected chi connectivity index (χ1v) is 6.40. The van der Waals surface area contributed by atoms with Crippen molar-refractivity contribution in [1.82, 2.24) is 0 Å². The molecular weight excluding hydrogens is 303 g/mol. The zero-order chi connectivity index (χ0) is 12.6. The van der Waals surface area contributed by atoms with E-state index in [0.717, 1.165) is 16.0 Å². The molecule has 0 fully saturated rings. The summed E-state index contributed by atoms with van der Waals surface area (Å²) in [5.74, 6) is -0.309. The predicted octanol–water partition coefficient (Wildman–Crippen LogP) is 4.08. The molecule has 0 aliphatic heterocycles. The molecular formula is C12H8BrFN2S. The molecule has 0 unspecified atom stereocenters. The van der Waals surface area contributed by atoms with Gasteiger partial charge in [-0.2, -0.15) is 5.26 Å². The topological polar surface area (TPSA) is 49.8 Å². The van der Waals surface area contributed by atoms with Crippen LogP contribution in [0.5, 0.6) is 0 Å². The largest absolute Gasteiger partial charge is 0.397 e. The van der Waals surface area contributed by atoms with Crippen molar-refractivity contribution in [3.63, 3.8) is 0 Å². The summed E-state index contributed by atoms with van der Waals surface area (Å²) >= 11 is 4.47. The molecule has 0 aliphatic carbocycles. The number of nitrogen functional groups attached to an aromatic ring is 1. The van der Waals surface area contributed by atoms with Gasteiger partial charge in [0, 0.05) is 4.88 Å². The molecule has 2 nitrogen and oxygen atoms in total. The lowest BCUT2D eigenvalue weighted by atomic mass is 10.1. The van der Waals surface area contributed by atoms with E-state index in [-0.39, 0.29) is 5.82 Å². The van der Waals surface area contributed by atoms with E-state index in [1.54, 1.807) is 12.1 Å². The minimum atomic E-state index is -0.309. The van der Waals surface area contributed by atoms with E-state index in [0.29, 0.717) is 15.0 Å². The first-order valence-electron chi connectivity index (χ1n) is 4.79. The molecule has 0 aliphatic rings. The van der Waals surface area contributed by atoms with Crippen molar-refractivity contribution in [2.75, 3.05) is 5.73 Å². The van der Waals surface area contributed by atoms with Gasteiger partial charge in [-0.15, -0.1) is 11.3 Å². The molecule has 1 aromatic carbocycles. The van der Waals surface area contributed by atoms with Gasteiger partial charge in [0.05, 0.1) is 10.2 Å². The van der Waals surface area contributed by atoms with E-state index in [4.69, 9.17) is 11.0 Å². The number of anilines is 1. The Balaban J connectivity index is 2.61. The monoisotopic (exact) mass is 310 g/mol. The second-order valence-corrected chi connectivity index (χ2v) is 5.41. The maximum Gasteiger partial charge on any atom is 0.137 e. The van der Waals surface area contributed by atoms with Crippen LogP contribution in [0.4, 0.5) is 10.1 Å². The SMILES string of the molecule is Cc1c(-c2ccc(F)c(Br)c2)sc(C#N)c1N. The van der Waals surface area contributed by atoms with Crippen LogP contribution < -0.4 is 5.73 Å². The van der Waals surface area contributed by atoms with Crippen molar-refractivity contribution in [2.45, 2.75) is 6.92 Å². The Morgan fingerprint density at radius 3 is 2.71 bits per heavy atom. The Hall–Kier alpha value is -1.38. The van der Waals surface area contributed by atoms with Crippen LogP contribution in [0.25, 0.3) is 10.4 Å². The summed E-state index contributed by atoms with van der Waals surface area (Å²) in [4.78, 5) is 1.40. The number of hydrogen-bond acceptors (Lipinski definition) is 3. The van der Waals surface area contributed by atoms with E-state index < -0.39 is 0 Å². The highest BCUT2D eigenvalue weighted by Crippen LogP contribution is 2.38. The van der Waals surface area contributed by atoms with Crippen LogP contribution in [-0.4, -0.2) is 0 Å². The van der Waals surface area contributed by atoms with Crippen LogP contribution in [-0.2, 0) is 0 Å². The van der Waals surface area contributed by atoms with E-state index in [1.807, 2.05) is 6.92 Å². The third-order valence-electron chi connectivity index (χ3n) is 2.48. The molecule has 0 bridgehead atoms. The fourth-order valence-corrected chi connectivity index (χ4v) is 2.92. The summed E-state index contributed by atoms with van der Waals surface area (Å²) in [5.41, 5.74) is 8.05. The van der Waals surface area contributed by atoms with Gasteiger partial charge in [0.25, 0.3) is 0 Å². The van der Waals surface area contributed by atoms with Crippen LogP contribution in [0.1, 0.15) is 10.4 Å². The smallest absolute Gasteiger partial charge is 0.137 e. The van der Waals surface area contributed by atoms with Crippen LogP contribution in [0.2, 0.25) is 0 Å². The number of rotatable bonds is 1. The van der Waals surface area contributed by atoms with Crippen LogP contribution in [0, 0.1) is 24.1 Å². The second-order valence-electron chi connectivity index (χ2n) is 3.54. The lowest BCUT2D eigenvalue weighted by molar-refractivity contribution is 0.621. The first kappa shape index (κ1) is 12.1. The number of nitrogens with two attached hydrogens (primary N) is 1. The van der Waals surface area contributed by atoms with Gasteiger partial charge in [-0.1, -0.05) is 6.07 Å². The van der Waals surface area contributed by atoms with Gasteiger partial charge in [0.15, 0.2) is 0 Å². The van der Waals surface area contributed by atoms with Gasteiger partial charge in [0.2, 0.25) is 0 Å². The molecule has 0 amide bonds. The van der Waals surface area contributed by atoms with Crippen molar-refractivity contribution < 1.29 is 4.39 Å². The quantitative estimate of drug-likeness (QED) is 0.862. The number of nitriles is 1. The fraction of sp³-hybridized carbons (Fsp3) is 0.0833. The highest BCUT2D eigenvalue weighted by atomic mass is 79.9. The number of benzene rings is 1. The lowest BCUT2D eigenvalue weighted by Gasteiger charge is -2.01. The number of halogens is 2. The van der Waals surface area contributed by atoms with Crippen molar-refractivity contribution in [1.29, 1.82) is 5.26 Å². The molecule has 2 N–H and O–H groups in total. The molecule has 17 heavy (non-hydrogen) atoms. The molecule has 0 atom stereocenters. The first-order chi connectivity index (χ1) is 8.04. The molecule has 2 rings (SSSR count). The van der Waals surface area contributed by atoms with E-state index >= 15 is 0 Å². The number of thiophene rings is 1. The summed E-state index contributed by atoms with van der Waals surface area (Å²) < 4.78 is 13.5. The van der Waals surface area contributed by atoms with Gasteiger partial charge in [-0.05, 0) is 46.1 Å². The summed E-state index contributed by atoms with van der Waals surface area (Å²) in [6.45, 7) is 1.86. The maximum atomic E-state index is 13.1. The molecule has 0 saturated carbocycles. The van der Waals surface area contributed by atoms with Crippen molar-refractivity contribution in [2.24, 2.45) is 0 Å². The molecule has 5 heteroatoms. The van der Waals surface area contributed by atoms with Gasteiger partial charge < -0.3 is 5.73 Å². The predicted molar refractivity (Wildman–Crippen MR) is 71.3 cm³/mol. The normalized spacial score (nSPS) is 10.2. The maximum absolute atomic E-state index is 13.1. The van der Waals surface area contributed by atoms with Crippen LogP contribution in [0.3, 0.4) is 0 Å². The summed E-state index contributed by atoms with van der Waals surface area (Å²) in [5, 5.41) is 8.91. The molecule has 1 heterocycles. The van der Waals surface area contributed by atoms with Gasteiger partial charge in [0.1, 0.15) is 16.8 Å². The second kappa shape index (κ2) is 4.47. The third-order valence-corrected chi connectivity index (χ3v) is 4.35. The molecule has 86 valence electrons. The van der Waals surface area contributed by atoms with E-state index in [1.165, 1.54) is 17.4 Å². The lowest BCUT2D eigenvalue weighted by Crippen LogP contribution is -1.87. The van der Waals surface area contributed by atoms with Crippen LogP contribution in [0.15, 0.2) is 22.7 Å². The van der Waals surface area contributed by atoms with Crippen molar-refractivity contribution in [3.8, 4) is 16.5 Å². The van der Waals surface area contributed by atoms with Crippen molar-refractivity contribution >= 4 is 33.0 Å². The Morgan fingerprint density at radius 2 is 2.18 bits per heavy atom. The molecule has 0 spiro atoms. The Morgan fingerprint density at radius 1 is 1.47 bits per heavy atom. The number of nitrogens with zero attached hydrogens (tertiary/aromatic N) is 1. The van der Waals surface area contributed by atoms with E-state index in [9.17, 15) is 4.39 Å². The standard InChI is InChI=1S/C12H8BrFN2S/c1-6-11(16)10(5-15)17-12(6)7-2-3-9(14)8(13)4-7/h2-4H,16H2,1H3. The zero-order valence-corrected chi connectivity index (χ0v) is 11.3. The molecule has 1 aromatic heterocycles. The minimum absolute atomic E-state index is 0.309. The highest BCUT2D eigenvalue weighted by Gasteiger charge is 2.14. The van der Waals surface area contributed by atoms with Crippen LogP contribution >= 0.6 is 27.3 Å². The van der Waals surface area contributed by atoms with E-state index in [2.05, 4.69) is 22.0 Å². The van der Waals surface area contributed by atoms with Gasteiger partial charge in [-0.25, -0.2) is 4.39 Å². The summed E-state index contributed by atoms with van der Waals surface area (Å²) in [6, 6.07) is 6.82. The van der Waals surface area contributed by atoms with Gasteiger partial charge >= 0.3 is 0 Å². The molecule has 2 aromatic rings.